The molecule has 0 aromatic heterocycles. The molecule has 6 heteroatoms. The van der Waals surface area contributed by atoms with Gasteiger partial charge in [-0.1, -0.05) is 23.7 Å². The molecule has 2 aromatic carbocycles. The first-order chi connectivity index (χ1) is 9.83. The largest absolute Gasteiger partial charge is 0.398 e. The number of anilines is 1. The predicted octanol–water partition coefficient (Wildman–Crippen LogP) is 3.08. The van der Waals surface area contributed by atoms with Gasteiger partial charge in [0.2, 0.25) is 0 Å². The first-order valence-corrected chi connectivity index (χ1v) is 8.14. The number of hydrogen-bond donors (Lipinski definition) is 1. The molecule has 2 rings (SSSR count). The van der Waals surface area contributed by atoms with Gasteiger partial charge >= 0.3 is 0 Å². The van der Waals surface area contributed by atoms with Gasteiger partial charge in [-0.05, 0) is 42.3 Å². The van der Waals surface area contributed by atoms with E-state index >= 15 is 0 Å². The molecule has 0 spiro atoms. The highest BCUT2D eigenvalue weighted by Gasteiger charge is 2.20. The van der Waals surface area contributed by atoms with Crippen LogP contribution in [0, 0.1) is 18.3 Å². The lowest BCUT2D eigenvalue weighted by atomic mass is 10.2. The molecule has 2 N–H and O–H groups in total. The summed E-state index contributed by atoms with van der Waals surface area (Å²) in [5.74, 6) is -0.259. The number of nitrogen functional groups attached to an aromatic ring is 1. The Bertz CT molecular complexity index is 839. The van der Waals surface area contributed by atoms with E-state index in [-0.39, 0.29) is 21.4 Å². The Morgan fingerprint density at radius 3 is 2.52 bits per heavy atom. The zero-order valence-corrected chi connectivity index (χ0v) is 12.9. The maximum absolute atomic E-state index is 12.4. The summed E-state index contributed by atoms with van der Waals surface area (Å²) in [7, 11) is -3.60. The molecule has 2 aromatic rings. The van der Waals surface area contributed by atoms with Gasteiger partial charge in [-0.25, -0.2) is 8.42 Å². The smallest absolute Gasteiger partial charge is 0.184 e. The third-order valence-corrected chi connectivity index (χ3v) is 5.11. The summed E-state index contributed by atoms with van der Waals surface area (Å²) >= 11 is 6.02. The van der Waals surface area contributed by atoms with E-state index in [2.05, 4.69) is 0 Å². The van der Waals surface area contributed by atoms with Gasteiger partial charge in [0.25, 0.3) is 0 Å². The summed E-state index contributed by atoms with van der Waals surface area (Å²) in [6.07, 6.45) is 0. The van der Waals surface area contributed by atoms with Gasteiger partial charge in [-0.3, -0.25) is 0 Å². The average Bonchev–Trinajstić information content (AvgIpc) is 2.40. The van der Waals surface area contributed by atoms with Crippen molar-refractivity contribution in [3.63, 3.8) is 0 Å². The normalized spacial score (nSPS) is 11.1. The van der Waals surface area contributed by atoms with Crippen LogP contribution in [0.2, 0.25) is 5.02 Å². The molecule has 0 atom stereocenters. The van der Waals surface area contributed by atoms with Crippen molar-refractivity contribution in [1.29, 1.82) is 5.26 Å². The standard InChI is InChI=1S/C15H13ClN2O2S/c1-10-2-5-15(14(18)6-10)21(19,20)9-12-4-3-11(8-17)7-13(12)16/h2-7H,9,18H2,1H3. The molecule has 0 radical (unpaired) electrons. The second-order valence-electron chi connectivity index (χ2n) is 4.72. The molecular weight excluding hydrogens is 308 g/mol. The maximum Gasteiger partial charge on any atom is 0.184 e. The lowest BCUT2D eigenvalue weighted by molar-refractivity contribution is 0.595. The van der Waals surface area contributed by atoms with Crippen LogP contribution in [0.4, 0.5) is 5.69 Å². The zero-order chi connectivity index (χ0) is 15.6. The number of nitrogens with two attached hydrogens (primary N) is 1. The number of hydrogen-bond acceptors (Lipinski definition) is 4. The minimum Gasteiger partial charge on any atom is -0.398 e. The Hall–Kier alpha value is -2.03. The van der Waals surface area contributed by atoms with Crippen LogP contribution in [-0.4, -0.2) is 8.42 Å². The Balaban J connectivity index is 2.40. The highest BCUT2D eigenvalue weighted by atomic mass is 35.5. The number of sulfone groups is 1. The number of nitriles is 1. The summed E-state index contributed by atoms with van der Waals surface area (Å²) in [6, 6.07) is 11.3. The third-order valence-electron chi connectivity index (χ3n) is 3.03. The second-order valence-corrected chi connectivity index (χ2v) is 7.08. The van der Waals surface area contributed by atoms with Crippen molar-refractivity contribution in [3.8, 4) is 6.07 Å². The number of halogens is 1. The molecule has 4 nitrogen and oxygen atoms in total. The topological polar surface area (TPSA) is 84.0 Å². The summed E-state index contributed by atoms with van der Waals surface area (Å²) < 4.78 is 24.9. The number of aryl methyl sites for hydroxylation is 1. The molecule has 0 aliphatic heterocycles. The zero-order valence-electron chi connectivity index (χ0n) is 11.3. The first kappa shape index (κ1) is 15.4. The van der Waals surface area contributed by atoms with Gasteiger partial charge in [0.1, 0.15) is 0 Å². The fourth-order valence-electron chi connectivity index (χ4n) is 1.97. The van der Waals surface area contributed by atoms with Gasteiger partial charge in [0, 0.05) is 5.02 Å². The monoisotopic (exact) mass is 320 g/mol. The molecular formula is C15H13ClN2O2S. The molecule has 0 bridgehead atoms. The molecule has 108 valence electrons. The number of nitrogens with zero attached hydrogens (tertiary/aromatic N) is 1. The first-order valence-electron chi connectivity index (χ1n) is 6.11. The van der Waals surface area contributed by atoms with Gasteiger partial charge in [0.15, 0.2) is 9.84 Å². The van der Waals surface area contributed by atoms with Crippen LogP contribution in [0.3, 0.4) is 0 Å². The molecule has 0 heterocycles. The summed E-state index contributed by atoms with van der Waals surface area (Å²) in [5.41, 5.74) is 7.73. The van der Waals surface area contributed by atoms with Gasteiger partial charge in [-0.15, -0.1) is 0 Å². The molecule has 0 saturated heterocycles. The minimum absolute atomic E-state index is 0.0912. The molecule has 0 amide bonds. The summed E-state index contributed by atoms with van der Waals surface area (Å²) in [6.45, 7) is 1.84. The molecule has 21 heavy (non-hydrogen) atoms. The molecule has 0 unspecified atom stereocenters. The van der Waals surface area contributed by atoms with E-state index in [9.17, 15) is 8.42 Å². The molecule has 0 aliphatic carbocycles. The molecule has 0 saturated carbocycles. The Morgan fingerprint density at radius 2 is 1.95 bits per heavy atom. The highest BCUT2D eigenvalue weighted by molar-refractivity contribution is 7.90. The average molecular weight is 321 g/mol. The highest BCUT2D eigenvalue weighted by Crippen LogP contribution is 2.26. The van der Waals surface area contributed by atoms with E-state index in [1.165, 1.54) is 18.2 Å². The lowest BCUT2D eigenvalue weighted by Crippen LogP contribution is -2.08. The van der Waals surface area contributed by atoms with Crippen molar-refractivity contribution in [1.82, 2.24) is 0 Å². The number of rotatable bonds is 3. The van der Waals surface area contributed by atoms with E-state index < -0.39 is 9.84 Å². The lowest BCUT2D eigenvalue weighted by Gasteiger charge is -2.09. The van der Waals surface area contributed by atoms with Gasteiger partial charge in [0.05, 0.1) is 28.0 Å². The van der Waals surface area contributed by atoms with Crippen LogP contribution in [0.15, 0.2) is 41.3 Å². The van der Waals surface area contributed by atoms with E-state index in [1.54, 1.807) is 18.2 Å². The summed E-state index contributed by atoms with van der Waals surface area (Å²) in [5, 5.41) is 9.04. The van der Waals surface area contributed by atoms with E-state index in [1.807, 2.05) is 13.0 Å². The van der Waals surface area contributed by atoms with E-state index in [4.69, 9.17) is 22.6 Å². The second kappa shape index (κ2) is 5.76. The Labute approximate surface area is 128 Å². The number of benzene rings is 2. The van der Waals surface area contributed by atoms with Crippen molar-refractivity contribution in [3.05, 3.63) is 58.1 Å². The van der Waals surface area contributed by atoms with Crippen LogP contribution in [0.25, 0.3) is 0 Å². The van der Waals surface area contributed by atoms with Gasteiger partial charge in [-0.2, -0.15) is 5.26 Å². The van der Waals surface area contributed by atoms with Crippen molar-refractivity contribution < 1.29 is 8.42 Å². The fraction of sp³-hybridized carbons (Fsp3) is 0.133. The van der Waals surface area contributed by atoms with Crippen LogP contribution < -0.4 is 5.73 Å². The van der Waals surface area contributed by atoms with Crippen molar-refractivity contribution in [2.75, 3.05) is 5.73 Å². The Morgan fingerprint density at radius 1 is 1.24 bits per heavy atom. The van der Waals surface area contributed by atoms with Crippen LogP contribution in [0.1, 0.15) is 16.7 Å². The minimum atomic E-state index is -3.60. The molecule has 0 fully saturated rings. The third kappa shape index (κ3) is 3.35. The van der Waals surface area contributed by atoms with Gasteiger partial charge < -0.3 is 5.73 Å². The SMILES string of the molecule is Cc1ccc(S(=O)(=O)Cc2ccc(C#N)cc2Cl)c(N)c1. The maximum atomic E-state index is 12.4. The Kier molecular flexibility index (Phi) is 4.21. The van der Waals surface area contributed by atoms with E-state index in [0.29, 0.717) is 11.1 Å². The van der Waals surface area contributed by atoms with Crippen molar-refractivity contribution in [2.45, 2.75) is 17.6 Å². The van der Waals surface area contributed by atoms with Crippen molar-refractivity contribution in [2.24, 2.45) is 0 Å². The van der Waals surface area contributed by atoms with Crippen molar-refractivity contribution >= 4 is 27.1 Å². The predicted molar refractivity (Wildman–Crippen MR) is 82.6 cm³/mol. The summed E-state index contributed by atoms with van der Waals surface area (Å²) in [4.78, 5) is 0.0912. The quantitative estimate of drug-likeness (QED) is 0.881. The van der Waals surface area contributed by atoms with E-state index in [0.717, 1.165) is 5.56 Å². The van der Waals surface area contributed by atoms with Crippen LogP contribution in [-0.2, 0) is 15.6 Å². The van der Waals surface area contributed by atoms with Crippen LogP contribution in [0.5, 0.6) is 0 Å². The fourth-order valence-corrected chi connectivity index (χ4v) is 3.80. The molecule has 0 aliphatic rings. The van der Waals surface area contributed by atoms with Crippen LogP contribution >= 0.6 is 11.6 Å².